The summed E-state index contributed by atoms with van der Waals surface area (Å²) in [5, 5.41) is 0.771. The van der Waals surface area contributed by atoms with Crippen LogP contribution < -0.4 is 4.90 Å². The average molecular weight is 430 g/mol. The summed E-state index contributed by atoms with van der Waals surface area (Å²) in [6.07, 6.45) is 0.400. The Hall–Kier alpha value is -3.02. The van der Waals surface area contributed by atoms with E-state index in [1.54, 1.807) is 11.3 Å². The van der Waals surface area contributed by atoms with E-state index in [0.717, 1.165) is 33.0 Å². The number of likely N-dealkylation sites (N-methyl/N-ethyl adjacent to an activating group) is 1. The first-order chi connectivity index (χ1) is 15.1. The molecule has 1 heterocycles. The Morgan fingerprint density at radius 2 is 1.42 bits per heavy atom. The molecule has 1 amide bonds. The maximum Gasteiger partial charge on any atom is 0.229 e. The number of anilines is 1. The third-order valence-corrected chi connectivity index (χ3v) is 6.43. The summed E-state index contributed by atoms with van der Waals surface area (Å²) < 4.78 is 1.10. The monoisotopic (exact) mass is 429 g/mol. The van der Waals surface area contributed by atoms with Gasteiger partial charge in [-0.15, -0.1) is 0 Å². The lowest BCUT2D eigenvalue weighted by Crippen LogP contribution is -2.37. The second-order valence-corrected chi connectivity index (χ2v) is 8.90. The summed E-state index contributed by atoms with van der Waals surface area (Å²) in [5.41, 5.74) is 3.24. The second-order valence-electron chi connectivity index (χ2n) is 7.89. The molecule has 0 N–H and O–H groups in total. The van der Waals surface area contributed by atoms with Crippen LogP contribution in [0.15, 0.2) is 84.9 Å². The number of benzene rings is 3. The number of fused-ring (bicyclic) bond motifs is 1. The van der Waals surface area contributed by atoms with Gasteiger partial charge in [-0.05, 0) is 37.4 Å². The van der Waals surface area contributed by atoms with Crippen LogP contribution in [0.1, 0.15) is 23.5 Å². The van der Waals surface area contributed by atoms with E-state index >= 15 is 0 Å². The van der Waals surface area contributed by atoms with Gasteiger partial charge in [-0.1, -0.05) is 84.1 Å². The first-order valence-corrected chi connectivity index (χ1v) is 11.3. The summed E-state index contributed by atoms with van der Waals surface area (Å²) in [5.74, 6) is 0.102. The zero-order valence-corrected chi connectivity index (χ0v) is 18.8. The third-order valence-electron chi connectivity index (χ3n) is 5.37. The van der Waals surface area contributed by atoms with Crippen molar-refractivity contribution in [2.45, 2.75) is 12.3 Å². The van der Waals surface area contributed by atoms with Crippen molar-refractivity contribution in [3.63, 3.8) is 0 Å². The molecule has 31 heavy (non-hydrogen) atoms. The standard InChI is InChI=1S/C26H27N3OS/c1-28(2)17-18-29(26-27-23-15-9-10-16-24(23)31-26)25(30)19-22(20-11-5-3-6-12-20)21-13-7-4-8-14-21/h3-16,22H,17-19H2,1-2H3. The molecule has 0 spiro atoms. The van der Waals surface area contributed by atoms with Crippen LogP contribution in [0.25, 0.3) is 10.2 Å². The average Bonchev–Trinajstić information content (AvgIpc) is 3.22. The third kappa shape index (κ3) is 5.19. The Bertz CT molecular complexity index is 1050. The lowest BCUT2D eigenvalue weighted by atomic mass is 9.88. The molecule has 0 bridgehead atoms. The first kappa shape index (κ1) is 21.2. The van der Waals surface area contributed by atoms with Gasteiger partial charge in [0.15, 0.2) is 5.13 Å². The predicted molar refractivity (Wildman–Crippen MR) is 130 cm³/mol. The van der Waals surface area contributed by atoms with Crippen molar-refractivity contribution < 1.29 is 4.79 Å². The summed E-state index contributed by atoms with van der Waals surface area (Å²) in [6, 6.07) is 28.6. The summed E-state index contributed by atoms with van der Waals surface area (Å²) >= 11 is 1.58. The van der Waals surface area contributed by atoms with E-state index < -0.39 is 0 Å². The number of carbonyl (C=O) groups is 1. The predicted octanol–water partition coefficient (Wildman–Crippen LogP) is 5.41. The Morgan fingerprint density at radius 1 is 0.839 bits per heavy atom. The SMILES string of the molecule is CN(C)CCN(C(=O)CC(c1ccccc1)c1ccccc1)c1nc2ccccc2s1. The first-order valence-electron chi connectivity index (χ1n) is 10.5. The minimum atomic E-state index is 0.00568. The number of para-hydroxylation sites is 1. The zero-order chi connectivity index (χ0) is 21.6. The minimum Gasteiger partial charge on any atom is -0.308 e. The van der Waals surface area contributed by atoms with Crippen LogP contribution in [0.2, 0.25) is 0 Å². The van der Waals surface area contributed by atoms with E-state index in [4.69, 9.17) is 4.98 Å². The van der Waals surface area contributed by atoms with E-state index in [1.165, 1.54) is 0 Å². The van der Waals surface area contributed by atoms with Crippen molar-refractivity contribution in [1.82, 2.24) is 9.88 Å². The fraction of sp³-hybridized carbons (Fsp3) is 0.231. The van der Waals surface area contributed by atoms with Crippen molar-refractivity contribution in [3.8, 4) is 0 Å². The number of thiazole rings is 1. The molecule has 0 saturated carbocycles. The van der Waals surface area contributed by atoms with Crippen molar-refractivity contribution in [2.24, 2.45) is 0 Å². The fourth-order valence-electron chi connectivity index (χ4n) is 3.69. The van der Waals surface area contributed by atoms with Gasteiger partial charge in [-0.25, -0.2) is 4.98 Å². The van der Waals surface area contributed by atoms with Crippen LogP contribution in [-0.4, -0.2) is 43.0 Å². The maximum atomic E-state index is 13.7. The molecule has 0 radical (unpaired) electrons. The normalized spacial score (nSPS) is 11.4. The van der Waals surface area contributed by atoms with E-state index in [1.807, 2.05) is 73.6 Å². The van der Waals surface area contributed by atoms with Crippen molar-refractivity contribution in [1.29, 1.82) is 0 Å². The van der Waals surface area contributed by atoms with Gasteiger partial charge < -0.3 is 4.90 Å². The molecule has 1 aromatic heterocycles. The molecule has 0 aliphatic heterocycles. The lowest BCUT2D eigenvalue weighted by molar-refractivity contribution is -0.118. The topological polar surface area (TPSA) is 36.4 Å². The Balaban J connectivity index is 1.66. The Morgan fingerprint density at radius 3 is 2.00 bits per heavy atom. The van der Waals surface area contributed by atoms with Gasteiger partial charge in [-0.3, -0.25) is 9.69 Å². The molecule has 0 saturated heterocycles. The zero-order valence-electron chi connectivity index (χ0n) is 17.9. The van der Waals surface area contributed by atoms with Gasteiger partial charge in [-0.2, -0.15) is 0 Å². The number of amides is 1. The molecular formula is C26H27N3OS. The van der Waals surface area contributed by atoms with Crippen LogP contribution in [0.4, 0.5) is 5.13 Å². The summed E-state index contributed by atoms with van der Waals surface area (Å²) in [6.45, 7) is 1.39. The quantitative estimate of drug-likeness (QED) is 0.376. The molecule has 4 rings (SSSR count). The highest BCUT2D eigenvalue weighted by Gasteiger charge is 2.25. The van der Waals surface area contributed by atoms with Crippen LogP contribution >= 0.6 is 11.3 Å². The van der Waals surface area contributed by atoms with E-state index in [-0.39, 0.29) is 11.8 Å². The van der Waals surface area contributed by atoms with Crippen LogP contribution in [0, 0.1) is 0 Å². The van der Waals surface area contributed by atoms with Gasteiger partial charge in [0.1, 0.15) is 0 Å². The minimum absolute atomic E-state index is 0.00568. The molecule has 0 aliphatic carbocycles. The number of rotatable bonds is 8. The molecule has 4 nitrogen and oxygen atoms in total. The highest BCUT2D eigenvalue weighted by Crippen LogP contribution is 2.32. The lowest BCUT2D eigenvalue weighted by Gasteiger charge is -2.25. The molecule has 0 fully saturated rings. The fourth-order valence-corrected chi connectivity index (χ4v) is 4.70. The molecule has 5 heteroatoms. The largest absolute Gasteiger partial charge is 0.308 e. The molecule has 3 aromatic carbocycles. The number of hydrogen-bond donors (Lipinski definition) is 0. The van der Waals surface area contributed by atoms with Gasteiger partial charge in [0.2, 0.25) is 5.91 Å². The molecule has 0 unspecified atom stereocenters. The van der Waals surface area contributed by atoms with Crippen molar-refractivity contribution >= 4 is 32.6 Å². The molecule has 4 aromatic rings. The van der Waals surface area contributed by atoms with Crippen LogP contribution in [0.5, 0.6) is 0 Å². The van der Waals surface area contributed by atoms with Crippen LogP contribution in [-0.2, 0) is 4.79 Å². The number of nitrogens with zero attached hydrogens (tertiary/aromatic N) is 3. The van der Waals surface area contributed by atoms with Gasteiger partial charge in [0.25, 0.3) is 0 Å². The molecular weight excluding hydrogens is 402 g/mol. The smallest absolute Gasteiger partial charge is 0.229 e. The number of aromatic nitrogens is 1. The Labute approximate surface area is 187 Å². The van der Waals surface area contributed by atoms with Gasteiger partial charge in [0, 0.05) is 25.4 Å². The van der Waals surface area contributed by atoms with E-state index in [2.05, 4.69) is 35.2 Å². The maximum absolute atomic E-state index is 13.7. The van der Waals surface area contributed by atoms with Crippen LogP contribution in [0.3, 0.4) is 0 Å². The summed E-state index contributed by atoms with van der Waals surface area (Å²) in [4.78, 5) is 22.4. The molecule has 158 valence electrons. The van der Waals surface area contributed by atoms with Crippen molar-refractivity contribution in [2.75, 3.05) is 32.1 Å². The highest BCUT2D eigenvalue weighted by molar-refractivity contribution is 7.22. The van der Waals surface area contributed by atoms with E-state index in [0.29, 0.717) is 13.0 Å². The van der Waals surface area contributed by atoms with Gasteiger partial charge >= 0.3 is 0 Å². The molecule has 0 atom stereocenters. The second kappa shape index (κ2) is 9.86. The summed E-state index contributed by atoms with van der Waals surface area (Å²) in [7, 11) is 4.05. The number of hydrogen-bond acceptors (Lipinski definition) is 4. The molecule has 0 aliphatic rings. The number of carbonyl (C=O) groups excluding carboxylic acids is 1. The Kier molecular flexibility index (Phi) is 6.75. The highest BCUT2D eigenvalue weighted by atomic mass is 32.1. The van der Waals surface area contributed by atoms with Gasteiger partial charge in [0.05, 0.1) is 10.2 Å². The van der Waals surface area contributed by atoms with Crippen molar-refractivity contribution in [3.05, 3.63) is 96.1 Å². The van der Waals surface area contributed by atoms with E-state index in [9.17, 15) is 4.79 Å².